The van der Waals surface area contributed by atoms with Gasteiger partial charge >= 0.3 is 5.97 Å². The Hall–Kier alpha value is -2.48. The van der Waals surface area contributed by atoms with Crippen LogP contribution < -0.4 is 5.32 Å². The molecule has 0 spiro atoms. The lowest BCUT2D eigenvalue weighted by Crippen LogP contribution is -2.26. The van der Waals surface area contributed by atoms with Gasteiger partial charge in [-0.3, -0.25) is 14.9 Å². The number of carbonyl (C=O) groups excluding carboxylic acids is 1. The molecular formula is C16H20N2O6. The Labute approximate surface area is 139 Å². The molecule has 0 saturated carbocycles. The van der Waals surface area contributed by atoms with Gasteiger partial charge in [-0.15, -0.1) is 0 Å². The molecule has 0 radical (unpaired) electrons. The molecule has 1 heterocycles. The highest BCUT2D eigenvalue weighted by Gasteiger charge is 2.18. The van der Waals surface area contributed by atoms with Gasteiger partial charge in [0.2, 0.25) is 0 Å². The Bertz CT molecular complexity index is 593. The fourth-order valence-electron chi connectivity index (χ4n) is 2.64. The van der Waals surface area contributed by atoms with Gasteiger partial charge in [-0.2, -0.15) is 0 Å². The van der Waals surface area contributed by atoms with Gasteiger partial charge in [-0.05, 0) is 38.2 Å². The molecule has 1 aromatic carbocycles. The van der Waals surface area contributed by atoms with E-state index in [-0.39, 0.29) is 17.2 Å². The van der Waals surface area contributed by atoms with Crippen molar-refractivity contribution in [2.45, 2.75) is 38.2 Å². The second kappa shape index (κ2) is 8.39. The van der Waals surface area contributed by atoms with E-state index in [4.69, 9.17) is 9.84 Å². The summed E-state index contributed by atoms with van der Waals surface area (Å²) in [6.07, 6.45) is 5.08. The number of carboxylic acid groups (broad SMARTS) is 1. The maximum Gasteiger partial charge on any atom is 0.335 e. The first-order valence-corrected chi connectivity index (χ1v) is 7.90. The second-order valence-electron chi connectivity index (χ2n) is 5.72. The molecule has 2 rings (SSSR count). The van der Waals surface area contributed by atoms with Crippen LogP contribution in [0.5, 0.6) is 0 Å². The molecular weight excluding hydrogens is 316 g/mol. The van der Waals surface area contributed by atoms with Gasteiger partial charge in [0.25, 0.3) is 11.6 Å². The van der Waals surface area contributed by atoms with Crippen LogP contribution in [0.15, 0.2) is 18.2 Å². The smallest absolute Gasteiger partial charge is 0.335 e. The lowest BCUT2D eigenvalue weighted by atomic mass is 10.0. The summed E-state index contributed by atoms with van der Waals surface area (Å²) >= 11 is 0. The maximum atomic E-state index is 12.1. The average molecular weight is 336 g/mol. The number of nitrogens with zero attached hydrogens (tertiary/aromatic N) is 1. The Morgan fingerprint density at radius 3 is 2.67 bits per heavy atom. The molecule has 2 N–H and O–H groups in total. The highest BCUT2D eigenvalue weighted by molar-refractivity contribution is 5.98. The summed E-state index contributed by atoms with van der Waals surface area (Å²) in [6, 6.07) is 3.14. The van der Waals surface area contributed by atoms with Crippen LogP contribution >= 0.6 is 0 Å². The number of nitro groups is 1. The molecule has 1 unspecified atom stereocenters. The number of hydrogen-bond acceptors (Lipinski definition) is 5. The number of hydrogen-bond donors (Lipinski definition) is 2. The molecule has 0 aromatic heterocycles. The van der Waals surface area contributed by atoms with E-state index < -0.39 is 22.5 Å². The van der Waals surface area contributed by atoms with Crippen molar-refractivity contribution in [1.29, 1.82) is 0 Å². The molecule has 1 aliphatic heterocycles. The average Bonchev–Trinajstić information content (AvgIpc) is 2.59. The summed E-state index contributed by atoms with van der Waals surface area (Å²) in [7, 11) is 0. The van der Waals surface area contributed by atoms with E-state index in [1.807, 2.05) is 0 Å². The van der Waals surface area contributed by atoms with Crippen molar-refractivity contribution in [3.8, 4) is 0 Å². The molecule has 8 heteroatoms. The predicted molar refractivity (Wildman–Crippen MR) is 85.2 cm³/mol. The van der Waals surface area contributed by atoms with E-state index in [1.54, 1.807) is 0 Å². The molecule has 130 valence electrons. The number of ether oxygens (including phenoxy) is 1. The minimum absolute atomic E-state index is 0.0319. The minimum atomic E-state index is -1.32. The third kappa shape index (κ3) is 5.02. The van der Waals surface area contributed by atoms with Gasteiger partial charge in [-0.25, -0.2) is 4.79 Å². The minimum Gasteiger partial charge on any atom is -0.478 e. The maximum absolute atomic E-state index is 12.1. The largest absolute Gasteiger partial charge is 0.478 e. The number of carboxylic acids is 1. The van der Waals surface area contributed by atoms with Crippen LogP contribution in [-0.4, -0.2) is 41.2 Å². The van der Waals surface area contributed by atoms with E-state index in [0.29, 0.717) is 6.54 Å². The van der Waals surface area contributed by atoms with E-state index in [1.165, 1.54) is 0 Å². The number of nitrogens with one attached hydrogen (secondary N) is 1. The summed E-state index contributed by atoms with van der Waals surface area (Å²) in [6.45, 7) is 1.19. The fraction of sp³-hybridized carbons (Fsp3) is 0.500. The number of aromatic carboxylic acids is 1. The van der Waals surface area contributed by atoms with Gasteiger partial charge in [0.1, 0.15) is 0 Å². The lowest BCUT2D eigenvalue weighted by Gasteiger charge is -2.22. The number of non-ortho nitro benzene ring substituents is 1. The van der Waals surface area contributed by atoms with Crippen molar-refractivity contribution in [2.75, 3.05) is 13.2 Å². The normalized spacial score (nSPS) is 17.2. The van der Waals surface area contributed by atoms with Crippen molar-refractivity contribution in [1.82, 2.24) is 5.32 Å². The highest BCUT2D eigenvalue weighted by atomic mass is 16.6. The lowest BCUT2D eigenvalue weighted by molar-refractivity contribution is -0.384. The van der Waals surface area contributed by atoms with Crippen LogP contribution in [0.4, 0.5) is 5.69 Å². The molecule has 1 saturated heterocycles. The topological polar surface area (TPSA) is 119 Å². The molecule has 8 nitrogen and oxygen atoms in total. The van der Waals surface area contributed by atoms with Crippen molar-refractivity contribution < 1.29 is 24.4 Å². The number of benzene rings is 1. The Morgan fingerprint density at radius 1 is 1.29 bits per heavy atom. The van der Waals surface area contributed by atoms with Crippen LogP contribution in [0.2, 0.25) is 0 Å². The summed E-state index contributed by atoms with van der Waals surface area (Å²) in [5.41, 5.74) is -0.740. The van der Waals surface area contributed by atoms with Crippen molar-refractivity contribution in [2.24, 2.45) is 0 Å². The first kappa shape index (κ1) is 17.9. The first-order valence-electron chi connectivity index (χ1n) is 7.90. The zero-order valence-electron chi connectivity index (χ0n) is 13.2. The van der Waals surface area contributed by atoms with Gasteiger partial charge < -0.3 is 15.2 Å². The van der Waals surface area contributed by atoms with Gasteiger partial charge in [0, 0.05) is 30.8 Å². The summed E-state index contributed by atoms with van der Waals surface area (Å²) in [4.78, 5) is 33.2. The zero-order valence-corrected chi connectivity index (χ0v) is 13.2. The molecule has 0 bridgehead atoms. The van der Waals surface area contributed by atoms with Crippen LogP contribution in [0.25, 0.3) is 0 Å². The van der Waals surface area contributed by atoms with Crippen molar-refractivity contribution in [3.63, 3.8) is 0 Å². The number of rotatable bonds is 7. The van der Waals surface area contributed by atoms with Crippen LogP contribution in [-0.2, 0) is 4.74 Å². The van der Waals surface area contributed by atoms with Gasteiger partial charge in [-0.1, -0.05) is 0 Å². The monoisotopic (exact) mass is 336 g/mol. The first-order chi connectivity index (χ1) is 11.5. The Balaban J connectivity index is 1.91. The fourth-order valence-corrected chi connectivity index (χ4v) is 2.64. The molecule has 1 atom stereocenters. The SMILES string of the molecule is O=C(O)c1cc(C(=O)NCCCC2CCCCO2)cc([N+](=O)[O-])c1. The third-order valence-electron chi connectivity index (χ3n) is 3.90. The molecule has 1 amide bonds. The van der Waals surface area contributed by atoms with Gasteiger partial charge in [0.05, 0.1) is 16.6 Å². The molecule has 0 aliphatic carbocycles. The van der Waals surface area contributed by atoms with Crippen LogP contribution in [0.1, 0.15) is 52.8 Å². The Morgan fingerprint density at radius 2 is 2.04 bits per heavy atom. The van der Waals surface area contributed by atoms with E-state index in [0.717, 1.165) is 56.9 Å². The van der Waals surface area contributed by atoms with E-state index in [2.05, 4.69) is 5.32 Å². The molecule has 24 heavy (non-hydrogen) atoms. The third-order valence-corrected chi connectivity index (χ3v) is 3.90. The zero-order chi connectivity index (χ0) is 17.5. The van der Waals surface area contributed by atoms with Crippen LogP contribution in [0.3, 0.4) is 0 Å². The second-order valence-corrected chi connectivity index (χ2v) is 5.72. The van der Waals surface area contributed by atoms with Gasteiger partial charge in [0.15, 0.2) is 0 Å². The highest BCUT2D eigenvalue weighted by Crippen LogP contribution is 2.18. The van der Waals surface area contributed by atoms with Crippen molar-refractivity contribution in [3.05, 3.63) is 39.4 Å². The quantitative estimate of drug-likeness (QED) is 0.448. The molecule has 1 fully saturated rings. The number of nitro benzene ring substituents is 1. The molecule has 1 aliphatic rings. The summed E-state index contributed by atoms with van der Waals surface area (Å²) in [5, 5.41) is 22.5. The predicted octanol–water partition coefficient (Wildman–Crippen LogP) is 2.37. The number of carbonyl (C=O) groups is 2. The van der Waals surface area contributed by atoms with Crippen molar-refractivity contribution >= 4 is 17.6 Å². The summed E-state index contributed by atoms with van der Waals surface area (Å²) < 4.78 is 5.60. The Kier molecular flexibility index (Phi) is 6.25. The molecule has 1 aromatic rings. The van der Waals surface area contributed by atoms with E-state index >= 15 is 0 Å². The van der Waals surface area contributed by atoms with E-state index in [9.17, 15) is 19.7 Å². The summed E-state index contributed by atoms with van der Waals surface area (Å²) in [5.74, 6) is -1.84. The van der Waals surface area contributed by atoms with Crippen LogP contribution in [0, 0.1) is 10.1 Å². The standard InChI is InChI=1S/C16H20N2O6/c19-15(17-6-3-5-14-4-1-2-7-24-14)11-8-12(16(20)21)10-13(9-11)18(22)23/h8-10,14H,1-7H2,(H,17,19)(H,20,21). The number of amides is 1.